The molecule has 0 saturated heterocycles. The Morgan fingerprint density at radius 3 is 2.55 bits per heavy atom. The Morgan fingerprint density at radius 2 is 2.18 bits per heavy atom. The average molecular weight is 177 g/mol. The minimum Gasteiger partial charge on any atom is -0.375 e. The van der Waals surface area contributed by atoms with Crippen LogP contribution in [0.4, 0.5) is 0 Å². The fourth-order valence-electron chi connectivity index (χ4n) is 0.487. The molecule has 0 aromatic heterocycles. The number of aliphatic hydroxyl groups excluding tert-OH is 1. The molecule has 4 nitrogen and oxygen atoms in total. The number of hydrogen-bond acceptors (Lipinski definition) is 2. The molecule has 2 unspecified atom stereocenters. The van der Waals surface area contributed by atoms with E-state index in [9.17, 15) is 4.57 Å². The van der Waals surface area contributed by atoms with Crippen LogP contribution in [-0.2, 0) is 4.57 Å². The normalized spacial score (nSPS) is 18.4. The van der Waals surface area contributed by atoms with Gasteiger partial charge in [-0.05, 0) is 6.08 Å². The van der Waals surface area contributed by atoms with E-state index >= 15 is 0 Å². The van der Waals surface area contributed by atoms with E-state index < -0.39 is 13.7 Å². The van der Waals surface area contributed by atoms with E-state index in [0.717, 1.165) is 6.08 Å². The van der Waals surface area contributed by atoms with Gasteiger partial charge < -0.3 is 10.00 Å². The van der Waals surface area contributed by atoms with Gasteiger partial charge in [-0.2, -0.15) is 0 Å². The van der Waals surface area contributed by atoms with Crippen molar-refractivity contribution >= 4 is 7.52 Å². The van der Waals surface area contributed by atoms with Crippen LogP contribution in [0.3, 0.4) is 0 Å². The van der Waals surface area contributed by atoms with Crippen molar-refractivity contribution in [2.45, 2.75) is 6.23 Å². The maximum Gasteiger partial charge on any atom is 0.273 e. The SMILES string of the molecule is C=CCP(=O)(O)NC(O)C=C. The van der Waals surface area contributed by atoms with Crippen molar-refractivity contribution in [3.8, 4) is 0 Å². The summed E-state index contributed by atoms with van der Waals surface area (Å²) in [5, 5.41) is 10.9. The van der Waals surface area contributed by atoms with Crippen LogP contribution in [0.5, 0.6) is 0 Å². The highest BCUT2D eigenvalue weighted by atomic mass is 31.2. The van der Waals surface area contributed by atoms with Crippen LogP contribution < -0.4 is 5.09 Å². The monoisotopic (exact) mass is 177 g/mol. The molecule has 0 fully saturated rings. The van der Waals surface area contributed by atoms with Crippen LogP contribution in [-0.4, -0.2) is 22.4 Å². The van der Waals surface area contributed by atoms with Crippen LogP contribution >= 0.6 is 7.52 Å². The minimum atomic E-state index is -3.45. The quantitative estimate of drug-likeness (QED) is 0.324. The van der Waals surface area contributed by atoms with Crippen molar-refractivity contribution in [3.63, 3.8) is 0 Å². The fourth-order valence-corrected chi connectivity index (χ4v) is 1.46. The average Bonchev–Trinajstić information content (AvgIpc) is 1.86. The number of allylic oxidation sites excluding steroid dienone is 1. The Kier molecular flexibility index (Phi) is 4.30. The lowest BCUT2D eigenvalue weighted by molar-refractivity contribution is 0.207. The molecule has 0 aliphatic carbocycles. The molecule has 64 valence electrons. The van der Waals surface area contributed by atoms with Gasteiger partial charge in [0.05, 0.1) is 6.16 Å². The minimum absolute atomic E-state index is 0.0715. The summed E-state index contributed by atoms with van der Waals surface area (Å²) in [4.78, 5) is 8.98. The maximum atomic E-state index is 10.9. The van der Waals surface area contributed by atoms with Gasteiger partial charge >= 0.3 is 0 Å². The topological polar surface area (TPSA) is 69.6 Å². The van der Waals surface area contributed by atoms with Crippen molar-refractivity contribution in [2.24, 2.45) is 0 Å². The molecule has 0 heterocycles. The molecule has 5 heteroatoms. The Bertz CT molecular complexity index is 192. The lowest BCUT2D eigenvalue weighted by atomic mass is 10.6. The Balaban J connectivity index is 4.00. The van der Waals surface area contributed by atoms with Gasteiger partial charge in [0, 0.05) is 0 Å². The third-order valence-electron chi connectivity index (χ3n) is 0.934. The van der Waals surface area contributed by atoms with Gasteiger partial charge in [0.2, 0.25) is 0 Å². The smallest absolute Gasteiger partial charge is 0.273 e. The molecular weight excluding hydrogens is 165 g/mol. The predicted octanol–water partition coefficient (Wildman–Crippen LogP) is 0.452. The number of hydrogen-bond donors (Lipinski definition) is 3. The number of nitrogens with one attached hydrogen (secondary N) is 1. The molecule has 0 saturated carbocycles. The highest BCUT2D eigenvalue weighted by molar-refractivity contribution is 7.56. The maximum absolute atomic E-state index is 10.9. The second-order valence-corrected chi connectivity index (χ2v) is 4.01. The van der Waals surface area contributed by atoms with Gasteiger partial charge in [-0.25, -0.2) is 5.09 Å². The lowest BCUT2D eigenvalue weighted by Crippen LogP contribution is -2.24. The zero-order valence-corrected chi connectivity index (χ0v) is 7.00. The third-order valence-corrected chi connectivity index (χ3v) is 2.35. The van der Waals surface area contributed by atoms with E-state index in [1.54, 1.807) is 0 Å². The Hall–Kier alpha value is -0.410. The third kappa shape index (κ3) is 4.93. The zero-order chi connectivity index (χ0) is 8.91. The van der Waals surface area contributed by atoms with E-state index in [1.165, 1.54) is 6.08 Å². The highest BCUT2D eigenvalue weighted by Gasteiger charge is 2.17. The van der Waals surface area contributed by atoms with Crippen molar-refractivity contribution in [1.82, 2.24) is 5.09 Å². The summed E-state index contributed by atoms with van der Waals surface area (Å²) in [6.07, 6.45) is 1.22. The standard InChI is InChI=1S/C6H12NO3P/c1-3-5-11(9,10)7-6(8)4-2/h3-4,6,8H,1-2,5H2,(H2,7,9,10). The first-order valence-electron chi connectivity index (χ1n) is 3.03. The van der Waals surface area contributed by atoms with Gasteiger partial charge in [-0.1, -0.05) is 12.7 Å². The molecule has 0 rings (SSSR count). The van der Waals surface area contributed by atoms with Crippen LogP contribution in [0.15, 0.2) is 25.3 Å². The predicted molar refractivity (Wildman–Crippen MR) is 44.2 cm³/mol. The second-order valence-electron chi connectivity index (χ2n) is 1.98. The molecular formula is C6H12NO3P. The summed E-state index contributed by atoms with van der Waals surface area (Å²) in [5.41, 5.74) is 0. The fraction of sp³-hybridized carbons (Fsp3) is 0.333. The first-order chi connectivity index (χ1) is 5.02. The number of rotatable bonds is 5. The molecule has 0 aromatic carbocycles. The molecule has 0 radical (unpaired) electrons. The van der Waals surface area contributed by atoms with E-state index in [2.05, 4.69) is 18.2 Å². The molecule has 0 bridgehead atoms. The molecule has 0 aromatic rings. The largest absolute Gasteiger partial charge is 0.375 e. The summed E-state index contributed by atoms with van der Waals surface area (Å²) in [7, 11) is -3.45. The van der Waals surface area contributed by atoms with Gasteiger partial charge in [-0.3, -0.25) is 4.57 Å². The number of aliphatic hydroxyl groups is 1. The zero-order valence-electron chi connectivity index (χ0n) is 6.10. The molecule has 0 amide bonds. The van der Waals surface area contributed by atoms with Crippen LogP contribution in [0, 0.1) is 0 Å². The van der Waals surface area contributed by atoms with E-state index in [1.807, 2.05) is 0 Å². The van der Waals surface area contributed by atoms with Crippen molar-refractivity contribution in [3.05, 3.63) is 25.3 Å². The Labute approximate surface area is 65.8 Å². The second kappa shape index (κ2) is 4.46. The summed E-state index contributed by atoms with van der Waals surface area (Å²) < 4.78 is 10.9. The first-order valence-corrected chi connectivity index (χ1v) is 4.87. The van der Waals surface area contributed by atoms with Gasteiger partial charge in [-0.15, -0.1) is 6.58 Å². The van der Waals surface area contributed by atoms with Gasteiger partial charge in [0.15, 0.2) is 0 Å². The summed E-state index contributed by atoms with van der Waals surface area (Å²) in [6.45, 7) is 6.53. The molecule has 2 atom stereocenters. The van der Waals surface area contributed by atoms with E-state index in [-0.39, 0.29) is 6.16 Å². The molecule has 0 spiro atoms. The molecule has 3 N–H and O–H groups in total. The van der Waals surface area contributed by atoms with Gasteiger partial charge in [0.25, 0.3) is 7.52 Å². The Morgan fingerprint density at radius 1 is 1.64 bits per heavy atom. The van der Waals surface area contributed by atoms with Crippen LogP contribution in [0.2, 0.25) is 0 Å². The molecule has 0 aliphatic rings. The van der Waals surface area contributed by atoms with Crippen LogP contribution in [0.25, 0.3) is 0 Å². The highest BCUT2D eigenvalue weighted by Crippen LogP contribution is 2.35. The summed E-state index contributed by atoms with van der Waals surface area (Å²) >= 11 is 0. The summed E-state index contributed by atoms with van der Waals surface area (Å²) in [6, 6.07) is 0. The van der Waals surface area contributed by atoms with Gasteiger partial charge in [0.1, 0.15) is 6.23 Å². The van der Waals surface area contributed by atoms with E-state index in [4.69, 9.17) is 10.00 Å². The van der Waals surface area contributed by atoms with E-state index in [0.29, 0.717) is 0 Å². The molecule has 0 aliphatic heterocycles. The molecule has 11 heavy (non-hydrogen) atoms. The first kappa shape index (κ1) is 10.6. The van der Waals surface area contributed by atoms with Crippen molar-refractivity contribution in [2.75, 3.05) is 6.16 Å². The van der Waals surface area contributed by atoms with Crippen LogP contribution in [0.1, 0.15) is 0 Å². The lowest BCUT2D eigenvalue weighted by Gasteiger charge is -2.13. The van der Waals surface area contributed by atoms with Crippen molar-refractivity contribution < 1.29 is 14.6 Å². The van der Waals surface area contributed by atoms with Crippen molar-refractivity contribution in [1.29, 1.82) is 0 Å². The summed E-state index contributed by atoms with van der Waals surface area (Å²) in [5.74, 6) is 0.